The van der Waals surface area contributed by atoms with Crippen LogP contribution in [-0.4, -0.2) is 15.4 Å². The van der Waals surface area contributed by atoms with Gasteiger partial charge in [0, 0.05) is 10.9 Å². The Labute approximate surface area is 89.7 Å². The minimum Gasteiger partial charge on any atom is -0.287 e. The predicted molar refractivity (Wildman–Crippen MR) is 54.5 cm³/mol. The molecule has 0 fully saturated rings. The van der Waals surface area contributed by atoms with Gasteiger partial charge in [0.2, 0.25) is 5.78 Å². The molecule has 0 amide bonds. The highest BCUT2D eigenvalue weighted by molar-refractivity contribution is 7.03. The molecule has 0 saturated carbocycles. The third kappa shape index (κ3) is 2.07. The number of ketones is 1. The van der Waals surface area contributed by atoms with E-state index in [4.69, 9.17) is 0 Å². The summed E-state index contributed by atoms with van der Waals surface area (Å²) in [5, 5.41) is 5.19. The maximum Gasteiger partial charge on any atom is 0.214 e. The second-order valence-corrected chi connectivity index (χ2v) is 3.75. The van der Waals surface area contributed by atoms with E-state index in [1.54, 1.807) is 18.4 Å². The molecule has 2 rings (SSSR count). The summed E-state index contributed by atoms with van der Waals surface area (Å²) < 4.78 is 16.6. The molecule has 0 saturated heterocycles. The van der Waals surface area contributed by atoms with Crippen LogP contribution in [0.4, 0.5) is 4.39 Å². The Morgan fingerprint density at radius 3 is 2.80 bits per heavy atom. The van der Waals surface area contributed by atoms with Crippen LogP contribution in [0.15, 0.2) is 23.6 Å². The zero-order valence-electron chi connectivity index (χ0n) is 7.90. The molecule has 1 aromatic heterocycles. The van der Waals surface area contributed by atoms with Gasteiger partial charge in [-0.3, -0.25) is 4.79 Å². The highest BCUT2D eigenvalue weighted by atomic mass is 32.1. The number of hydrogen-bond acceptors (Lipinski definition) is 4. The van der Waals surface area contributed by atoms with E-state index in [0.717, 1.165) is 11.5 Å². The van der Waals surface area contributed by atoms with E-state index in [0.29, 0.717) is 11.1 Å². The normalized spacial score (nSPS) is 10.3. The largest absolute Gasteiger partial charge is 0.287 e. The summed E-state index contributed by atoms with van der Waals surface area (Å²) in [6.45, 7) is 1.74. The lowest BCUT2D eigenvalue weighted by Gasteiger charge is -1.99. The summed E-state index contributed by atoms with van der Waals surface area (Å²) in [5.74, 6) is -0.715. The van der Waals surface area contributed by atoms with Crippen LogP contribution in [0.5, 0.6) is 0 Å². The monoisotopic (exact) mass is 222 g/mol. The van der Waals surface area contributed by atoms with Crippen LogP contribution in [0.2, 0.25) is 0 Å². The fourth-order valence-corrected chi connectivity index (χ4v) is 1.72. The van der Waals surface area contributed by atoms with E-state index in [2.05, 4.69) is 9.59 Å². The third-order valence-electron chi connectivity index (χ3n) is 1.90. The van der Waals surface area contributed by atoms with Crippen molar-refractivity contribution < 1.29 is 9.18 Å². The van der Waals surface area contributed by atoms with Gasteiger partial charge in [-0.2, -0.15) is 0 Å². The van der Waals surface area contributed by atoms with Gasteiger partial charge in [-0.05, 0) is 42.2 Å². The van der Waals surface area contributed by atoms with E-state index >= 15 is 0 Å². The average molecular weight is 222 g/mol. The second kappa shape index (κ2) is 3.86. The van der Waals surface area contributed by atoms with E-state index in [1.807, 2.05) is 0 Å². The van der Waals surface area contributed by atoms with Gasteiger partial charge < -0.3 is 0 Å². The summed E-state index contributed by atoms with van der Waals surface area (Å²) in [5.41, 5.74) is 1.27. The lowest BCUT2D eigenvalue weighted by Crippen LogP contribution is -2.02. The van der Waals surface area contributed by atoms with Crippen molar-refractivity contribution in [3.05, 3.63) is 46.2 Å². The molecule has 0 aliphatic heterocycles. The maximum absolute atomic E-state index is 13.0. The zero-order chi connectivity index (χ0) is 10.8. The van der Waals surface area contributed by atoms with Crippen LogP contribution < -0.4 is 0 Å². The van der Waals surface area contributed by atoms with Gasteiger partial charge in [-0.25, -0.2) is 4.39 Å². The Morgan fingerprint density at radius 1 is 1.40 bits per heavy atom. The summed E-state index contributed by atoms with van der Waals surface area (Å²) >= 11 is 1.10. The molecule has 0 unspecified atom stereocenters. The second-order valence-electron chi connectivity index (χ2n) is 3.14. The Hall–Kier alpha value is -1.62. The Bertz CT molecular complexity index is 476. The van der Waals surface area contributed by atoms with E-state index < -0.39 is 5.82 Å². The summed E-state index contributed by atoms with van der Waals surface area (Å²) in [4.78, 5) is 11.7. The zero-order valence-corrected chi connectivity index (χ0v) is 8.71. The molecule has 15 heavy (non-hydrogen) atoms. The molecule has 0 atom stereocenters. The Morgan fingerprint density at radius 2 is 2.20 bits per heavy atom. The van der Waals surface area contributed by atoms with E-state index in [1.165, 1.54) is 12.1 Å². The topological polar surface area (TPSA) is 42.9 Å². The number of nitrogens with zero attached hydrogens (tertiary/aromatic N) is 2. The maximum atomic E-state index is 13.0. The van der Waals surface area contributed by atoms with Gasteiger partial charge in [0.1, 0.15) is 11.5 Å². The van der Waals surface area contributed by atoms with Crippen molar-refractivity contribution in [1.82, 2.24) is 9.59 Å². The first-order valence-corrected chi connectivity index (χ1v) is 5.09. The molecule has 0 bridgehead atoms. The van der Waals surface area contributed by atoms with Crippen LogP contribution in [0.1, 0.15) is 21.6 Å². The van der Waals surface area contributed by atoms with E-state index in [9.17, 15) is 9.18 Å². The van der Waals surface area contributed by atoms with Crippen LogP contribution in [0, 0.1) is 12.7 Å². The highest BCUT2D eigenvalue weighted by Crippen LogP contribution is 2.12. The van der Waals surface area contributed by atoms with Crippen molar-refractivity contribution in [2.24, 2.45) is 0 Å². The Balaban J connectivity index is 2.42. The van der Waals surface area contributed by atoms with Crippen LogP contribution in [-0.2, 0) is 0 Å². The lowest BCUT2D eigenvalue weighted by molar-refractivity contribution is 0.103. The molecule has 0 spiro atoms. The molecular weight excluding hydrogens is 215 g/mol. The summed E-state index contributed by atoms with van der Waals surface area (Å²) in [7, 11) is 0. The lowest BCUT2D eigenvalue weighted by atomic mass is 10.1. The number of rotatable bonds is 2. The first kappa shape index (κ1) is 9.92. The van der Waals surface area contributed by atoms with Gasteiger partial charge in [0.25, 0.3) is 0 Å². The number of carbonyl (C=O) groups is 1. The molecule has 5 heteroatoms. The van der Waals surface area contributed by atoms with Crippen molar-refractivity contribution in [2.45, 2.75) is 6.92 Å². The van der Waals surface area contributed by atoms with Gasteiger partial charge in [-0.15, -0.1) is 5.10 Å². The molecule has 0 aliphatic rings. The van der Waals surface area contributed by atoms with Gasteiger partial charge in [-0.1, -0.05) is 4.49 Å². The molecule has 0 radical (unpaired) electrons. The summed E-state index contributed by atoms with van der Waals surface area (Å²) in [6, 6.07) is 4.20. The fraction of sp³-hybridized carbons (Fsp3) is 0.100. The van der Waals surface area contributed by atoms with Crippen molar-refractivity contribution in [2.75, 3.05) is 0 Å². The fourth-order valence-electron chi connectivity index (χ4n) is 1.28. The van der Waals surface area contributed by atoms with Crippen LogP contribution in [0.25, 0.3) is 0 Å². The third-order valence-corrected chi connectivity index (χ3v) is 2.40. The molecule has 1 aromatic carbocycles. The quantitative estimate of drug-likeness (QED) is 0.732. The molecule has 0 N–H and O–H groups in total. The molecule has 1 heterocycles. The number of carbonyl (C=O) groups excluding carboxylic acids is 1. The van der Waals surface area contributed by atoms with Crippen LogP contribution in [0.3, 0.4) is 0 Å². The smallest absolute Gasteiger partial charge is 0.214 e. The summed E-state index contributed by atoms with van der Waals surface area (Å²) in [6.07, 6.45) is 0. The Kier molecular flexibility index (Phi) is 2.55. The van der Waals surface area contributed by atoms with Crippen molar-refractivity contribution in [3.63, 3.8) is 0 Å². The highest BCUT2D eigenvalue weighted by Gasteiger charge is 2.12. The molecule has 76 valence electrons. The molecule has 0 aliphatic carbocycles. The van der Waals surface area contributed by atoms with Crippen molar-refractivity contribution in [1.29, 1.82) is 0 Å². The minimum atomic E-state index is -0.415. The molecule has 2 aromatic rings. The van der Waals surface area contributed by atoms with Crippen LogP contribution >= 0.6 is 11.5 Å². The first-order chi connectivity index (χ1) is 7.16. The average Bonchev–Trinajstić information content (AvgIpc) is 2.67. The predicted octanol–water partition coefficient (Wildman–Crippen LogP) is 2.22. The number of aryl methyl sites for hydroxylation is 1. The minimum absolute atomic E-state index is 0.255. The standard InChI is InChI=1S/C10H7FN2OS/c1-6-2-7(4-8(11)3-6)10(14)9-5-15-13-12-9/h2-5H,1H3. The number of hydrogen-bond donors (Lipinski definition) is 0. The van der Waals surface area contributed by atoms with Crippen molar-refractivity contribution in [3.8, 4) is 0 Å². The van der Waals surface area contributed by atoms with Gasteiger partial charge in [0.05, 0.1) is 0 Å². The van der Waals surface area contributed by atoms with Crippen molar-refractivity contribution >= 4 is 17.3 Å². The number of halogens is 1. The molecular formula is C10H7FN2OS. The molecule has 3 nitrogen and oxygen atoms in total. The first-order valence-electron chi connectivity index (χ1n) is 4.26. The number of benzene rings is 1. The number of aromatic nitrogens is 2. The SMILES string of the molecule is Cc1cc(F)cc(C(=O)c2csnn2)c1. The van der Waals surface area contributed by atoms with E-state index in [-0.39, 0.29) is 11.5 Å². The van der Waals surface area contributed by atoms with Gasteiger partial charge >= 0.3 is 0 Å². The van der Waals surface area contributed by atoms with Gasteiger partial charge in [0.15, 0.2) is 0 Å².